The Labute approximate surface area is 141 Å². The molecule has 0 saturated heterocycles. The Morgan fingerprint density at radius 3 is 2.46 bits per heavy atom. The van der Waals surface area contributed by atoms with E-state index in [0.29, 0.717) is 6.54 Å². The number of amides is 1. The Morgan fingerprint density at radius 1 is 1.00 bits per heavy atom. The standard InChI is InChI=1S/C20H19NO3/c22-18(21-13-10-15-6-4-5-9-17(15)21)14-24-19(23)20(11-12-20)16-7-2-1-3-8-16/h1-9H,10-14H2. The maximum atomic E-state index is 12.5. The highest BCUT2D eigenvalue weighted by Crippen LogP contribution is 2.49. The summed E-state index contributed by atoms with van der Waals surface area (Å²) >= 11 is 0. The average Bonchev–Trinajstić information content (AvgIpc) is 3.33. The number of ether oxygens (including phenoxy) is 1. The molecule has 2 aromatic carbocycles. The van der Waals surface area contributed by atoms with Crippen LogP contribution >= 0.6 is 0 Å². The third-order valence-corrected chi connectivity index (χ3v) is 4.98. The fraction of sp³-hybridized carbons (Fsp3) is 0.300. The molecule has 1 aliphatic carbocycles. The van der Waals surface area contributed by atoms with E-state index in [4.69, 9.17) is 4.74 Å². The first-order valence-electron chi connectivity index (χ1n) is 8.32. The molecule has 2 aromatic rings. The van der Waals surface area contributed by atoms with Gasteiger partial charge in [0.05, 0.1) is 5.41 Å². The molecule has 0 atom stereocenters. The molecule has 2 aliphatic rings. The van der Waals surface area contributed by atoms with E-state index in [2.05, 4.69) is 0 Å². The minimum atomic E-state index is -0.537. The summed E-state index contributed by atoms with van der Waals surface area (Å²) in [5, 5.41) is 0. The van der Waals surface area contributed by atoms with Gasteiger partial charge >= 0.3 is 5.97 Å². The van der Waals surface area contributed by atoms with Crippen molar-refractivity contribution in [2.24, 2.45) is 0 Å². The highest BCUT2D eigenvalue weighted by atomic mass is 16.5. The van der Waals surface area contributed by atoms with E-state index in [1.807, 2.05) is 54.6 Å². The summed E-state index contributed by atoms with van der Waals surface area (Å²) in [5.74, 6) is -0.438. The second kappa shape index (κ2) is 5.78. The fourth-order valence-corrected chi connectivity index (χ4v) is 3.43. The molecule has 122 valence electrons. The number of anilines is 1. The lowest BCUT2D eigenvalue weighted by atomic mass is 9.96. The molecular weight excluding hydrogens is 302 g/mol. The average molecular weight is 321 g/mol. The van der Waals surface area contributed by atoms with Gasteiger partial charge in [0.15, 0.2) is 6.61 Å². The Morgan fingerprint density at radius 2 is 1.71 bits per heavy atom. The van der Waals surface area contributed by atoms with Gasteiger partial charge < -0.3 is 9.64 Å². The number of para-hydroxylation sites is 1. The van der Waals surface area contributed by atoms with E-state index in [-0.39, 0.29) is 18.5 Å². The van der Waals surface area contributed by atoms with Gasteiger partial charge in [-0.3, -0.25) is 9.59 Å². The largest absolute Gasteiger partial charge is 0.455 e. The van der Waals surface area contributed by atoms with Crippen molar-refractivity contribution in [3.63, 3.8) is 0 Å². The highest BCUT2D eigenvalue weighted by Gasteiger charge is 2.52. The van der Waals surface area contributed by atoms with Gasteiger partial charge in [-0.15, -0.1) is 0 Å². The van der Waals surface area contributed by atoms with Crippen LogP contribution in [-0.4, -0.2) is 25.0 Å². The van der Waals surface area contributed by atoms with Gasteiger partial charge in [0.25, 0.3) is 5.91 Å². The number of esters is 1. The van der Waals surface area contributed by atoms with Crippen LogP contribution < -0.4 is 4.90 Å². The van der Waals surface area contributed by atoms with Gasteiger partial charge in [0.1, 0.15) is 0 Å². The number of carbonyl (C=O) groups is 2. The number of fused-ring (bicyclic) bond motifs is 1. The molecule has 1 aliphatic heterocycles. The third-order valence-electron chi connectivity index (χ3n) is 4.98. The molecule has 1 saturated carbocycles. The zero-order valence-electron chi connectivity index (χ0n) is 13.4. The van der Waals surface area contributed by atoms with E-state index >= 15 is 0 Å². The van der Waals surface area contributed by atoms with E-state index in [0.717, 1.165) is 30.5 Å². The predicted molar refractivity (Wildman–Crippen MR) is 90.8 cm³/mol. The molecule has 1 fully saturated rings. The Balaban J connectivity index is 1.41. The van der Waals surface area contributed by atoms with Gasteiger partial charge in [-0.05, 0) is 36.5 Å². The van der Waals surface area contributed by atoms with Crippen LogP contribution in [0.3, 0.4) is 0 Å². The summed E-state index contributed by atoms with van der Waals surface area (Å²) in [6, 6.07) is 17.6. The highest BCUT2D eigenvalue weighted by molar-refractivity contribution is 5.98. The summed E-state index contributed by atoms with van der Waals surface area (Å²) in [5.41, 5.74) is 2.54. The van der Waals surface area contributed by atoms with Crippen molar-refractivity contribution in [3.8, 4) is 0 Å². The normalized spacial score (nSPS) is 17.2. The fourth-order valence-electron chi connectivity index (χ4n) is 3.43. The zero-order chi connectivity index (χ0) is 16.6. The van der Waals surface area contributed by atoms with E-state index in [1.54, 1.807) is 4.90 Å². The van der Waals surface area contributed by atoms with Crippen LogP contribution in [0.15, 0.2) is 54.6 Å². The molecule has 0 radical (unpaired) electrons. The van der Waals surface area contributed by atoms with Gasteiger partial charge in [-0.25, -0.2) is 0 Å². The summed E-state index contributed by atoms with van der Waals surface area (Å²) in [6.45, 7) is 0.460. The van der Waals surface area contributed by atoms with Crippen LogP contribution in [0.5, 0.6) is 0 Å². The van der Waals surface area contributed by atoms with Crippen LogP contribution in [0.2, 0.25) is 0 Å². The molecule has 1 heterocycles. The molecule has 0 spiro atoms. The molecule has 1 amide bonds. The van der Waals surface area contributed by atoms with Crippen molar-refractivity contribution >= 4 is 17.6 Å². The second-order valence-corrected chi connectivity index (χ2v) is 6.45. The van der Waals surface area contributed by atoms with Gasteiger partial charge in [-0.1, -0.05) is 48.5 Å². The lowest BCUT2D eigenvalue weighted by molar-refractivity contribution is -0.150. The predicted octanol–water partition coefficient (Wildman–Crippen LogP) is 2.85. The summed E-state index contributed by atoms with van der Waals surface area (Å²) < 4.78 is 5.38. The Kier molecular flexibility index (Phi) is 3.60. The molecule has 4 heteroatoms. The van der Waals surface area contributed by atoms with Gasteiger partial charge in [0.2, 0.25) is 0 Å². The van der Waals surface area contributed by atoms with Crippen LogP contribution in [0.1, 0.15) is 24.0 Å². The van der Waals surface area contributed by atoms with E-state index in [9.17, 15) is 9.59 Å². The van der Waals surface area contributed by atoms with Crippen LogP contribution in [-0.2, 0) is 26.2 Å². The van der Waals surface area contributed by atoms with Crippen molar-refractivity contribution in [3.05, 3.63) is 65.7 Å². The maximum Gasteiger partial charge on any atom is 0.317 e. The minimum absolute atomic E-state index is 0.155. The van der Waals surface area contributed by atoms with Crippen molar-refractivity contribution < 1.29 is 14.3 Å². The molecule has 0 N–H and O–H groups in total. The quantitative estimate of drug-likeness (QED) is 0.814. The minimum Gasteiger partial charge on any atom is -0.455 e. The molecule has 0 aromatic heterocycles. The molecular formula is C20H19NO3. The number of carbonyl (C=O) groups excluding carboxylic acids is 2. The molecule has 4 rings (SSSR count). The van der Waals surface area contributed by atoms with Crippen molar-refractivity contribution in [1.29, 1.82) is 0 Å². The van der Waals surface area contributed by atoms with Gasteiger partial charge in [0, 0.05) is 12.2 Å². The number of rotatable bonds is 4. The first-order chi connectivity index (χ1) is 11.7. The van der Waals surface area contributed by atoms with E-state index in [1.165, 1.54) is 5.56 Å². The Bertz CT molecular complexity index is 780. The van der Waals surface area contributed by atoms with E-state index < -0.39 is 5.41 Å². The maximum absolute atomic E-state index is 12.5. The molecule has 24 heavy (non-hydrogen) atoms. The first-order valence-corrected chi connectivity index (χ1v) is 8.32. The SMILES string of the molecule is O=C(COC(=O)C1(c2ccccc2)CC1)N1CCc2ccccc21. The number of nitrogens with zero attached hydrogens (tertiary/aromatic N) is 1. The van der Waals surface area contributed by atoms with Crippen LogP contribution in [0.4, 0.5) is 5.69 Å². The van der Waals surface area contributed by atoms with Crippen molar-refractivity contribution in [2.75, 3.05) is 18.1 Å². The van der Waals surface area contributed by atoms with Crippen molar-refractivity contribution in [2.45, 2.75) is 24.7 Å². The summed E-state index contributed by atoms with van der Waals surface area (Å²) in [4.78, 5) is 26.7. The lowest BCUT2D eigenvalue weighted by Gasteiger charge is -2.19. The molecule has 4 nitrogen and oxygen atoms in total. The Hall–Kier alpha value is -2.62. The first kappa shape index (κ1) is 14.9. The number of hydrogen-bond acceptors (Lipinski definition) is 3. The molecule has 0 unspecified atom stereocenters. The third kappa shape index (κ3) is 2.48. The van der Waals surface area contributed by atoms with Gasteiger partial charge in [-0.2, -0.15) is 0 Å². The van der Waals surface area contributed by atoms with Crippen LogP contribution in [0.25, 0.3) is 0 Å². The second-order valence-electron chi connectivity index (χ2n) is 6.45. The number of hydrogen-bond donors (Lipinski definition) is 0. The smallest absolute Gasteiger partial charge is 0.317 e. The monoisotopic (exact) mass is 321 g/mol. The molecule has 0 bridgehead atoms. The zero-order valence-corrected chi connectivity index (χ0v) is 13.4. The number of benzene rings is 2. The van der Waals surface area contributed by atoms with Crippen LogP contribution in [0, 0.1) is 0 Å². The lowest BCUT2D eigenvalue weighted by Crippen LogP contribution is -2.35. The van der Waals surface area contributed by atoms with Crippen molar-refractivity contribution in [1.82, 2.24) is 0 Å². The summed E-state index contributed by atoms with van der Waals surface area (Å²) in [6.07, 6.45) is 2.43. The topological polar surface area (TPSA) is 46.6 Å². The summed E-state index contributed by atoms with van der Waals surface area (Å²) in [7, 11) is 0.